The first-order chi connectivity index (χ1) is 6.79. The van der Waals surface area contributed by atoms with Crippen LogP contribution in [0, 0.1) is 0 Å². The van der Waals surface area contributed by atoms with Crippen molar-refractivity contribution in [1.29, 1.82) is 0 Å². The Morgan fingerprint density at radius 3 is 2.67 bits per heavy atom. The van der Waals surface area contributed by atoms with Gasteiger partial charge < -0.3 is 4.52 Å². The lowest BCUT2D eigenvalue weighted by molar-refractivity contribution is 0.101. The maximum Gasteiger partial charge on any atom is 0.276 e. The van der Waals surface area contributed by atoms with Gasteiger partial charge in [0, 0.05) is 12.1 Å². The molecular formula is C11H22NO2P. The van der Waals surface area contributed by atoms with E-state index in [-0.39, 0.29) is 11.6 Å². The lowest BCUT2D eigenvalue weighted by Gasteiger charge is -2.45. The molecule has 0 aliphatic carbocycles. The van der Waals surface area contributed by atoms with Gasteiger partial charge in [0.05, 0.1) is 12.3 Å². The molecule has 2 atom stereocenters. The number of rotatable bonds is 2. The monoisotopic (exact) mass is 231 g/mol. The molecule has 0 radical (unpaired) electrons. The van der Waals surface area contributed by atoms with E-state index in [0.717, 1.165) is 13.0 Å². The average molecular weight is 231 g/mol. The predicted molar refractivity (Wildman–Crippen MR) is 64.3 cm³/mol. The van der Waals surface area contributed by atoms with E-state index in [9.17, 15) is 4.57 Å². The van der Waals surface area contributed by atoms with Crippen LogP contribution >= 0.6 is 7.52 Å². The minimum atomic E-state index is -2.69. The Hall–Kier alpha value is -0.110. The van der Waals surface area contributed by atoms with Gasteiger partial charge in [0.2, 0.25) is 0 Å². The predicted octanol–water partition coefficient (Wildman–Crippen LogP) is 3.27. The van der Waals surface area contributed by atoms with E-state index < -0.39 is 7.52 Å². The van der Waals surface area contributed by atoms with Gasteiger partial charge >= 0.3 is 0 Å². The Morgan fingerprint density at radius 2 is 2.20 bits per heavy atom. The molecule has 0 saturated carbocycles. The Morgan fingerprint density at radius 1 is 1.60 bits per heavy atom. The summed E-state index contributed by atoms with van der Waals surface area (Å²) in [4.78, 5) is 0. The fourth-order valence-electron chi connectivity index (χ4n) is 1.94. The molecule has 0 unspecified atom stereocenters. The maximum absolute atomic E-state index is 12.7. The third kappa shape index (κ3) is 2.93. The topological polar surface area (TPSA) is 29.5 Å². The van der Waals surface area contributed by atoms with Gasteiger partial charge in [-0.3, -0.25) is 4.57 Å². The second-order valence-electron chi connectivity index (χ2n) is 5.11. The number of hydrogen-bond acceptors (Lipinski definition) is 2. The molecule has 0 aromatic rings. The fourth-order valence-corrected chi connectivity index (χ4v) is 4.67. The maximum atomic E-state index is 12.7. The van der Waals surface area contributed by atoms with Crippen LogP contribution in [-0.4, -0.2) is 29.0 Å². The normalized spacial score (nSPS) is 34.0. The molecule has 1 heterocycles. The van der Waals surface area contributed by atoms with Gasteiger partial charge in [-0.15, -0.1) is 6.58 Å². The van der Waals surface area contributed by atoms with Crippen LogP contribution in [0.2, 0.25) is 0 Å². The third-order valence-electron chi connectivity index (χ3n) is 2.59. The van der Waals surface area contributed by atoms with Crippen LogP contribution in [0.25, 0.3) is 0 Å². The first-order valence-corrected chi connectivity index (χ1v) is 7.22. The van der Waals surface area contributed by atoms with Crippen LogP contribution in [0.3, 0.4) is 0 Å². The summed E-state index contributed by atoms with van der Waals surface area (Å²) in [6.07, 6.45) is 3.17. The molecular weight excluding hydrogens is 209 g/mol. The summed E-state index contributed by atoms with van der Waals surface area (Å²) in [5, 5.41) is 0. The number of allylic oxidation sites excluding steroid dienone is 1. The SMILES string of the molecule is C=CC[P@]1(=O)O[C@@H](C)CCN1C(C)(C)C. The van der Waals surface area contributed by atoms with E-state index in [1.807, 2.05) is 11.6 Å². The second kappa shape index (κ2) is 4.40. The first kappa shape index (κ1) is 13.0. The lowest BCUT2D eigenvalue weighted by atomic mass is 10.1. The third-order valence-corrected chi connectivity index (χ3v) is 5.54. The van der Waals surface area contributed by atoms with Crippen LogP contribution in [0.15, 0.2) is 12.7 Å². The average Bonchev–Trinajstić information content (AvgIpc) is 2.00. The second-order valence-corrected chi connectivity index (χ2v) is 7.44. The number of nitrogens with zero attached hydrogens (tertiary/aromatic N) is 1. The van der Waals surface area contributed by atoms with Gasteiger partial charge in [-0.05, 0) is 34.1 Å². The zero-order chi connectivity index (χ0) is 11.7. The summed E-state index contributed by atoms with van der Waals surface area (Å²) in [6.45, 7) is 12.7. The lowest BCUT2D eigenvalue weighted by Crippen LogP contribution is -2.44. The van der Waals surface area contributed by atoms with Crippen molar-refractivity contribution in [3.8, 4) is 0 Å². The van der Waals surface area contributed by atoms with Gasteiger partial charge in [0.15, 0.2) is 0 Å². The smallest absolute Gasteiger partial charge is 0.276 e. The van der Waals surface area contributed by atoms with Crippen molar-refractivity contribution < 1.29 is 9.09 Å². The highest BCUT2D eigenvalue weighted by molar-refractivity contribution is 7.56. The van der Waals surface area contributed by atoms with Crippen molar-refractivity contribution in [2.45, 2.75) is 45.8 Å². The summed E-state index contributed by atoms with van der Waals surface area (Å²) >= 11 is 0. The molecule has 0 spiro atoms. The Kier molecular flexibility index (Phi) is 3.80. The van der Waals surface area contributed by atoms with Crippen molar-refractivity contribution in [2.24, 2.45) is 0 Å². The Labute approximate surface area is 93.0 Å². The summed E-state index contributed by atoms with van der Waals surface area (Å²) in [7, 11) is -2.69. The fraction of sp³-hybridized carbons (Fsp3) is 0.818. The van der Waals surface area contributed by atoms with Crippen LogP contribution in [-0.2, 0) is 9.09 Å². The summed E-state index contributed by atoms with van der Waals surface area (Å²) in [5.74, 6) is 0. The molecule has 3 nitrogen and oxygen atoms in total. The largest absolute Gasteiger partial charge is 0.314 e. The summed E-state index contributed by atoms with van der Waals surface area (Å²) in [6, 6.07) is 0. The van der Waals surface area contributed by atoms with Gasteiger partial charge in [-0.25, -0.2) is 4.67 Å². The molecule has 1 rings (SSSR count). The molecule has 0 amide bonds. The molecule has 1 saturated heterocycles. The van der Waals surface area contributed by atoms with E-state index >= 15 is 0 Å². The molecule has 1 aliphatic rings. The highest BCUT2D eigenvalue weighted by Gasteiger charge is 2.42. The minimum absolute atomic E-state index is 0.0920. The van der Waals surface area contributed by atoms with E-state index in [0.29, 0.717) is 6.16 Å². The summed E-state index contributed by atoms with van der Waals surface area (Å²) in [5.41, 5.74) is -0.112. The van der Waals surface area contributed by atoms with E-state index in [2.05, 4.69) is 27.4 Å². The van der Waals surface area contributed by atoms with Crippen LogP contribution < -0.4 is 0 Å². The van der Waals surface area contributed by atoms with Crippen molar-refractivity contribution in [3.05, 3.63) is 12.7 Å². The summed E-state index contributed by atoms with van der Waals surface area (Å²) < 4.78 is 20.3. The van der Waals surface area contributed by atoms with Gasteiger partial charge in [0.1, 0.15) is 0 Å². The highest BCUT2D eigenvalue weighted by atomic mass is 31.2. The molecule has 88 valence electrons. The Balaban J connectivity index is 2.94. The van der Waals surface area contributed by atoms with Crippen molar-refractivity contribution in [1.82, 2.24) is 4.67 Å². The van der Waals surface area contributed by atoms with E-state index in [4.69, 9.17) is 4.52 Å². The van der Waals surface area contributed by atoms with Crippen molar-refractivity contribution in [2.75, 3.05) is 12.7 Å². The van der Waals surface area contributed by atoms with E-state index in [1.165, 1.54) is 0 Å². The minimum Gasteiger partial charge on any atom is -0.314 e. The van der Waals surface area contributed by atoms with Crippen LogP contribution in [0.5, 0.6) is 0 Å². The van der Waals surface area contributed by atoms with E-state index in [1.54, 1.807) is 6.08 Å². The Bertz CT molecular complexity index is 283. The molecule has 1 fully saturated rings. The molecule has 0 aromatic heterocycles. The van der Waals surface area contributed by atoms with Gasteiger partial charge in [-0.1, -0.05) is 6.08 Å². The first-order valence-electron chi connectivity index (χ1n) is 5.46. The molecule has 0 N–H and O–H groups in total. The zero-order valence-electron chi connectivity index (χ0n) is 10.2. The zero-order valence-corrected chi connectivity index (χ0v) is 11.1. The van der Waals surface area contributed by atoms with Gasteiger partial charge in [0.25, 0.3) is 7.52 Å². The number of hydrogen-bond donors (Lipinski definition) is 0. The van der Waals surface area contributed by atoms with Crippen LogP contribution in [0.4, 0.5) is 0 Å². The quantitative estimate of drug-likeness (QED) is 0.539. The van der Waals surface area contributed by atoms with Gasteiger partial charge in [-0.2, -0.15) is 0 Å². The standard InChI is InChI=1S/C11H22NO2P/c1-6-9-15(13)12(11(3,4)5)8-7-10(2)14-15/h6,10H,1,7-9H2,2-5H3/t10-,15-/m0/s1. The highest BCUT2D eigenvalue weighted by Crippen LogP contribution is 2.57. The molecule has 0 bridgehead atoms. The van der Waals surface area contributed by atoms with Crippen molar-refractivity contribution >= 4 is 7.52 Å². The molecule has 15 heavy (non-hydrogen) atoms. The van der Waals surface area contributed by atoms with Crippen LogP contribution in [0.1, 0.15) is 34.1 Å². The van der Waals surface area contributed by atoms with Crippen molar-refractivity contribution in [3.63, 3.8) is 0 Å². The molecule has 0 aromatic carbocycles. The molecule has 4 heteroatoms. The molecule has 1 aliphatic heterocycles.